The topological polar surface area (TPSA) is 26.3 Å². The van der Waals surface area contributed by atoms with Gasteiger partial charge in [0.05, 0.1) is 7.11 Å². The Kier molecular flexibility index (Phi) is 10.7. The molecule has 0 aliphatic rings. The molecule has 0 N–H and O–H groups in total. The van der Waals surface area contributed by atoms with E-state index >= 15 is 0 Å². The van der Waals surface area contributed by atoms with Crippen molar-refractivity contribution >= 4 is 20.2 Å². The van der Waals surface area contributed by atoms with Crippen molar-refractivity contribution in [1.29, 1.82) is 0 Å². The molecule has 2 atom stereocenters. The van der Waals surface area contributed by atoms with Crippen molar-refractivity contribution in [3.8, 4) is 5.75 Å². The molecule has 40 heavy (non-hydrogen) atoms. The van der Waals surface area contributed by atoms with Crippen LogP contribution in [0.15, 0.2) is 91.0 Å². The van der Waals surface area contributed by atoms with Crippen LogP contribution < -0.4 is 10.0 Å². The number of benzene rings is 4. The lowest BCUT2D eigenvalue weighted by molar-refractivity contribution is 0.112. The zero-order valence-electron chi connectivity index (χ0n) is 23.9. The van der Waals surface area contributed by atoms with Gasteiger partial charge in [0.1, 0.15) is 11.6 Å². The van der Waals surface area contributed by atoms with Crippen LogP contribution in [0.2, 0.25) is 0 Å². The van der Waals surface area contributed by atoms with E-state index in [4.69, 9.17) is 4.74 Å². The van der Waals surface area contributed by atoms with Gasteiger partial charge in [-0.25, -0.2) is 4.39 Å². The predicted octanol–water partition coefficient (Wildman–Crippen LogP) is 9.02. The number of rotatable bonds is 14. The summed E-state index contributed by atoms with van der Waals surface area (Å²) < 4.78 is 20.3. The number of carbonyl (C=O) groups is 1. The van der Waals surface area contributed by atoms with Gasteiger partial charge in [0, 0.05) is 22.7 Å². The summed E-state index contributed by atoms with van der Waals surface area (Å²) >= 11 is 0. The lowest BCUT2D eigenvalue weighted by Crippen LogP contribution is -2.25. The van der Waals surface area contributed by atoms with Crippen molar-refractivity contribution in [3.63, 3.8) is 0 Å². The van der Waals surface area contributed by atoms with E-state index in [1.165, 1.54) is 39.9 Å². The molecule has 2 unspecified atom stereocenters. The van der Waals surface area contributed by atoms with Crippen LogP contribution in [0.1, 0.15) is 84.1 Å². The second-order valence-electron chi connectivity index (χ2n) is 10.5. The third kappa shape index (κ3) is 7.26. The van der Waals surface area contributed by atoms with E-state index in [2.05, 4.69) is 74.5 Å². The minimum absolute atomic E-state index is 0.242. The highest BCUT2D eigenvalue weighted by Crippen LogP contribution is 2.52. The molecule has 208 valence electrons. The van der Waals surface area contributed by atoms with Crippen LogP contribution >= 0.6 is 8.58 Å². The maximum atomic E-state index is 14.1. The first-order valence-corrected chi connectivity index (χ1v) is 15.3. The Bertz CT molecular complexity index is 1390. The molecule has 0 saturated carbocycles. The van der Waals surface area contributed by atoms with Crippen LogP contribution in [0.3, 0.4) is 0 Å². The first-order valence-electron chi connectivity index (χ1n) is 14.3. The molecule has 4 rings (SSSR count). The van der Waals surface area contributed by atoms with Crippen molar-refractivity contribution in [3.05, 3.63) is 130 Å². The number of aldehydes is 1. The Morgan fingerprint density at radius 1 is 0.825 bits per heavy atom. The fourth-order valence-electron chi connectivity index (χ4n) is 5.63. The Morgan fingerprint density at radius 3 is 2.10 bits per heavy atom. The predicted molar refractivity (Wildman–Crippen MR) is 167 cm³/mol. The molecule has 4 aromatic rings. The lowest BCUT2D eigenvalue weighted by Gasteiger charge is -2.36. The monoisotopic (exact) mass is 554 g/mol. The highest BCUT2D eigenvalue weighted by Gasteiger charge is 2.35. The average molecular weight is 555 g/mol. The van der Waals surface area contributed by atoms with Crippen LogP contribution in [0, 0.1) is 5.82 Å². The Labute approximate surface area is 240 Å². The molecule has 0 spiro atoms. The summed E-state index contributed by atoms with van der Waals surface area (Å²) in [6.45, 7) is 4.46. The SMILES string of the molecule is CCCCCC(CC)(Pc1ccc(F)cc1C=O)c1cc(Cc2ccccc2)cc(Cc2ccccc2)c1OC. The second kappa shape index (κ2) is 14.4. The van der Waals surface area contributed by atoms with E-state index in [0.717, 1.165) is 62.3 Å². The van der Waals surface area contributed by atoms with Gasteiger partial charge in [-0.1, -0.05) is 121 Å². The summed E-state index contributed by atoms with van der Waals surface area (Å²) in [7, 11) is 2.08. The lowest BCUT2D eigenvalue weighted by atomic mass is 9.84. The van der Waals surface area contributed by atoms with E-state index in [0.29, 0.717) is 14.1 Å². The van der Waals surface area contributed by atoms with Gasteiger partial charge in [-0.15, -0.1) is 0 Å². The summed E-state index contributed by atoms with van der Waals surface area (Å²) in [5.41, 5.74) is 6.57. The quantitative estimate of drug-likeness (QED) is 0.0883. The standard InChI is InChI=1S/C36H40FO2P/c1-4-6-13-20-36(5-2,40-34-19-18-32(37)25-31(34)26-38)33-24-29(21-27-14-9-7-10-15-27)23-30(35(33)39-3)22-28-16-11-8-12-17-28/h7-12,14-19,23-26,40H,4-6,13,20-22H2,1-3H3. The number of unbranched alkanes of at least 4 members (excludes halogenated alkanes) is 2. The minimum Gasteiger partial charge on any atom is -0.496 e. The van der Waals surface area contributed by atoms with E-state index < -0.39 is 0 Å². The summed E-state index contributed by atoms with van der Waals surface area (Å²) in [5.74, 6) is 0.553. The number of hydrogen-bond donors (Lipinski definition) is 0. The van der Waals surface area contributed by atoms with Gasteiger partial charge in [0.15, 0.2) is 6.29 Å². The van der Waals surface area contributed by atoms with Gasteiger partial charge < -0.3 is 4.74 Å². The van der Waals surface area contributed by atoms with Crippen LogP contribution in [0.5, 0.6) is 5.75 Å². The molecular weight excluding hydrogens is 514 g/mol. The summed E-state index contributed by atoms with van der Waals surface area (Å²) in [6.07, 6.45) is 7.60. The average Bonchev–Trinajstić information content (AvgIpc) is 2.98. The van der Waals surface area contributed by atoms with Gasteiger partial charge in [0.25, 0.3) is 0 Å². The number of halogens is 1. The molecule has 4 heteroatoms. The number of hydrogen-bond acceptors (Lipinski definition) is 2. The van der Waals surface area contributed by atoms with E-state index in [1.54, 1.807) is 13.2 Å². The zero-order valence-corrected chi connectivity index (χ0v) is 24.9. The van der Waals surface area contributed by atoms with Crippen molar-refractivity contribution in [2.75, 3.05) is 7.11 Å². The Hall–Kier alpha value is -3.29. The van der Waals surface area contributed by atoms with Crippen molar-refractivity contribution in [2.24, 2.45) is 0 Å². The molecule has 4 aromatic carbocycles. The van der Waals surface area contributed by atoms with E-state index in [-0.39, 0.29) is 11.0 Å². The molecule has 0 amide bonds. The van der Waals surface area contributed by atoms with E-state index in [9.17, 15) is 9.18 Å². The summed E-state index contributed by atoms with van der Waals surface area (Å²) in [5, 5.41) is 0.670. The second-order valence-corrected chi connectivity index (χ2v) is 12.3. The highest BCUT2D eigenvalue weighted by molar-refractivity contribution is 7.48. The first kappa shape index (κ1) is 29.7. The molecule has 0 saturated heterocycles. The largest absolute Gasteiger partial charge is 0.496 e. The summed E-state index contributed by atoms with van der Waals surface area (Å²) in [6, 6.07) is 30.4. The van der Waals surface area contributed by atoms with Gasteiger partial charge in [-0.05, 0) is 59.0 Å². The number of ether oxygens (including phenoxy) is 1. The van der Waals surface area contributed by atoms with Crippen molar-refractivity contribution < 1.29 is 13.9 Å². The van der Waals surface area contributed by atoms with Crippen LogP contribution in [-0.2, 0) is 18.0 Å². The van der Waals surface area contributed by atoms with E-state index in [1.807, 2.05) is 12.1 Å². The van der Waals surface area contributed by atoms with Crippen molar-refractivity contribution in [1.82, 2.24) is 0 Å². The van der Waals surface area contributed by atoms with Gasteiger partial charge >= 0.3 is 0 Å². The number of methoxy groups -OCH3 is 1. The zero-order chi connectivity index (χ0) is 28.4. The molecule has 2 nitrogen and oxygen atoms in total. The third-order valence-corrected chi connectivity index (χ3v) is 9.84. The highest BCUT2D eigenvalue weighted by atomic mass is 31.1. The van der Waals surface area contributed by atoms with Crippen LogP contribution in [0.25, 0.3) is 0 Å². The molecule has 0 fully saturated rings. The molecule has 0 radical (unpaired) electrons. The molecular formula is C36H40FO2P. The van der Waals surface area contributed by atoms with Gasteiger partial charge in [-0.3, -0.25) is 4.79 Å². The molecule has 0 aliphatic carbocycles. The third-order valence-electron chi connectivity index (χ3n) is 7.76. The first-order chi connectivity index (χ1) is 19.5. The molecule has 0 heterocycles. The number of carbonyl (C=O) groups excluding carboxylic acids is 1. The van der Waals surface area contributed by atoms with Crippen LogP contribution in [-0.4, -0.2) is 13.4 Å². The molecule has 0 aliphatic heterocycles. The smallest absolute Gasteiger partial charge is 0.150 e. The fourth-order valence-corrected chi connectivity index (χ4v) is 7.39. The maximum Gasteiger partial charge on any atom is 0.150 e. The maximum absolute atomic E-state index is 14.1. The normalized spacial score (nSPS) is 12.9. The minimum atomic E-state index is -0.378. The molecule has 0 aromatic heterocycles. The van der Waals surface area contributed by atoms with Gasteiger partial charge in [0.2, 0.25) is 0 Å². The Balaban J connectivity index is 1.91. The van der Waals surface area contributed by atoms with Gasteiger partial charge in [-0.2, -0.15) is 0 Å². The Morgan fingerprint density at radius 2 is 1.50 bits per heavy atom. The molecule has 0 bridgehead atoms. The fraction of sp³-hybridized carbons (Fsp3) is 0.306. The summed E-state index contributed by atoms with van der Waals surface area (Å²) in [4.78, 5) is 12.0. The van der Waals surface area contributed by atoms with Crippen molar-refractivity contribution in [2.45, 2.75) is 63.9 Å². The van der Waals surface area contributed by atoms with Crippen LogP contribution in [0.4, 0.5) is 4.39 Å².